The summed E-state index contributed by atoms with van der Waals surface area (Å²) in [7, 11) is 1.90. The SMILES string of the molecule is Cn1cc(C2CN(C(=O)c3csc(-c4ccc(F)cc4)n3)Cc3ccccc32)cn1. The maximum atomic E-state index is 13.3. The number of hydrogen-bond acceptors (Lipinski definition) is 4. The van der Waals surface area contributed by atoms with Crippen molar-refractivity contribution in [3.63, 3.8) is 0 Å². The van der Waals surface area contributed by atoms with Gasteiger partial charge in [0.25, 0.3) is 5.91 Å². The highest BCUT2D eigenvalue weighted by Crippen LogP contribution is 2.34. The van der Waals surface area contributed by atoms with E-state index in [2.05, 4.69) is 22.2 Å². The minimum atomic E-state index is -0.292. The highest BCUT2D eigenvalue weighted by atomic mass is 32.1. The number of benzene rings is 2. The number of aryl methyl sites for hydroxylation is 1. The molecule has 1 unspecified atom stereocenters. The highest BCUT2D eigenvalue weighted by Gasteiger charge is 2.31. The van der Waals surface area contributed by atoms with Crippen LogP contribution in [0.15, 0.2) is 66.3 Å². The Morgan fingerprint density at radius 2 is 1.97 bits per heavy atom. The van der Waals surface area contributed by atoms with Crippen LogP contribution in [0.4, 0.5) is 4.39 Å². The second-order valence-electron chi connectivity index (χ2n) is 7.43. The molecule has 0 bridgehead atoms. The van der Waals surface area contributed by atoms with E-state index in [-0.39, 0.29) is 17.6 Å². The zero-order valence-electron chi connectivity index (χ0n) is 16.3. The van der Waals surface area contributed by atoms with Gasteiger partial charge in [0, 0.05) is 43.2 Å². The van der Waals surface area contributed by atoms with Gasteiger partial charge in [-0.05, 0) is 41.0 Å². The Hall–Kier alpha value is -3.32. The summed E-state index contributed by atoms with van der Waals surface area (Å²) in [6.07, 6.45) is 3.87. The predicted octanol–water partition coefficient (Wildman–Crippen LogP) is 4.47. The number of nitrogens with zero attached hydrogens (tertiary/aromatic N) is 4. The van der Waals surface area contributed by atoms with Crippen LogP contribution in [0.25, 0.3) is 10.6 Å². The first-order chi connectivity index (χ1) is 14.6. The van der Waals surface area contributed by atoms with Crippen molar-refractivity contribution in [2.45, 2.75) is 12.5 Å². The molecule has 2 aromatic carbocycles. The summed E-state index contributed by atoms with van der Waals surface area (Å²) in [4.78, 5) is 19.7. The van der Waals surface area contributed by atoms with Gasteiger partial charge in [0.15, 0.2) is 0 Å². The molecule has 4 aromatic rings. The largest absolute Gasteiger partial charge is 0.332 e. The summed E-state index contributed by atoms with van der Waals surface area (Å²) in [5.41, 5.74) is 4.69. The number of carbonyl (C=O) groups is 1. The molecule has 30 heavy (non-hydrogen) atoms. The van der Waals surface area contributed by atoms with Crippen LogP contribution in [0, 0.1) is 5.82 Å². The molecule has 0 N–H and O–H groups in total. The normalized spacial score (nSPS) is 15.8. The van der Waals surface area contributed by atoms with E-state index in [1.807, 2.05) is 36.5 Å². The monoisotopic (exact) mass is 418 g/mol. The fourth-order valence-corrected chi connectivity index (χ4v) is 4.73. The zero-order valence-corrected chi connectivity index (χ0v) is 17.1. The second kappa shape index (κ2) is 7.50. The minimum Gasteiger partial charge on any atom is -0.332 e. The first-order valence-corrected chi connectivity index (χ1v) is 10.5. The molecule has 1 aliphatic heterocycles. The number of amides is 1. The Kier molecular flexibility index (Phi) is 4.67. The highest BCUT2D eigenvalue weighted by molar-refractivity contribution is 7.13. The molecule has 150 valence electrons. The number of hydrogen-bond donors (Lipinski definition) is 0. The van der Waals surface area contributed by atoms with Crippen LogP contribution >= 0.6 is 11.3 Å². The van der Waals surface area contributed by atoms with Crippen LogP contribution in [0.1, 0.15) is 33.1 Å². The summed E-state index contributed by atoms with van der Waals surface area (Å²) in [5, 5.41) is 6.80. The molecule has 0 radical (unpaired) electrons. The van der Waals surface area contributed by atoms with E-state index >= 15 is 0 Å². The van der Waals surface area contributed by atoms with E-state index < -0.39 is 0 Å². The molecule has 0 saturated heterocycles. The van der Waals surface area contributed by atoms with Crippen LogP contribution in [-0.4, -0.2) is 32.1 Å². The van der Waals surface area contributed by atoms with Crippen molar-refractivity contribution in [1.82, 2.24) is 19.7 Å². The first kappa shape index (κ1) is 18.7. The molecule has 1 aliphatic rings. The van der Waals surface area contributed by atoms with Gasteiger partial charge < -0.3 is 4.90 Å². The maximum Gasteiger partial charge on any atom is 0.273 e. The smallest absolute Gasteiger partial charge is 0.273 e. The topological polar surface area (TPSA) is 51.0 Å². The fourth-order valence-electron chi connectivity index (χ4n) is 3.93. The lowest BCUT2D eigenvalue weighted by molar-refractivity contribution is 0.0720. The van der Waals surface area contributed by atoms with Crippen molar-refractivity contribution < 1.29 is 9.18 Å². The van der Waals surface area contributed by atoms with Crippen molar-refractivity contribution in [1.29, 1.82) is 0 Å². The molecule has 5 nitrogen and oxygen atoms in total. The second-order valence-corrected chi connectivity index (χ2v) is 8.29. The molecule has 0 spiro atoms. The van der Waals surface area contributed by atoms with E-state index in [1.165, 1.54) is 29.0 Å². The van der Waals surface area contributed by atoms with Gasteiger partial charge in [0.05, 0.1) is 6.20 Å². The van der Waals surface area contributed by atoms with Crippen molar-refractivity contribution in [2.75, 3.05) is 6.54 Å². The van der Waals surface area contributed by atoms with Crippen LogP contribution in [-0.2, 0) is 13.6 Å². The fraction of sp³-hybridized carbons (Fsp3) is 0.174. The number of fused-ring (bicyclic) bond motifs is 1. The van der Waals surface area contributed by atoms with E-state index in [0.717, 1.165) is 16.7 Å². The maximum absolute atomic E-state index is 13.3. The van der Waals surface area contributed by atoms with Crippen molar-refractivity contribution in [2.24, 2.45) is 7.05 Å². The molecule has 1 amide bonds. The summed E-state index contributed by atoms with van der Waals surface area (Å²) < 4.78 is 15.0. The molecule has 0 fully saturated rings. The quantitative estimate of drug-likeness (QED) is 0.493. The van der Waals surface area contributed by atoms with E-state index in [0.29, 0.717) is 23.8 Å². The van der Waals surface area contributed by atoms with E-state index in [4.69, 9.17) is 0 Å². The van der Waals surface area contributed by atoms with Gasteiger partial charge in [-0.2, -0.15) is 5.10 Å². The molecule has 0 saturated carbocycles. The molecular formula is C23H19FN4OS. The Labute approximate surface area is 177 Å². The third-order valence-corrected chi connectivity index (χ3v) is 6.31. The average Bonchev–Trinajstić information content (AvgIpc) is 3.42. The van der Waals surface area contributed by atoms with Crippen LogP contribution in [0.2, 0.25) is 0 Å². The summed E-state index contributed by atoms with van der Waals surface area (Å²) in [5.74, 6) is -0.314. The van der Waals surface area contributed by atoms with Crippen molar-refractivity contribution in [3.05, 3.63) is 94.5 Å². The third-order valence-electron chi connectivity index (χ3n) is 5.42. The van der Waals surface area contributed by atoms with Gasteiger partial charge >= 0.3 is 0 Å². The number of aromatic nitrogens is 3. The third kappa shape index (κ3) is 3.41. The van der Waals surface area contributed by atoms with Gasteiger partial charge in [0.2, 0.25) is 0 Å². The van der Waals surface area contributed by atoms with E-state index in [9.17, 15) is 9.18 Å². The summed E-state index contributed by atoms with van der Waals surface area (Å²) in [6, 6.07) is 14.4. The summed E-state index contributed by atoms with van der Waals surface area (Å²) in [6.45, 7) is 1.13. The standard InChI is InChI=1S/C23H19FN4OS/c1-27-11-17(10-25-27)20-13-28(12-16-4-2-3-5-19(16)20)23(29)21-14-30-22(26-21)15-6-8-18(24)9-7-15/h2-11,14,20H,12-13H2,1H3. The van der Waals surface area contributed by atoms with Gasteiger partial charge in [-0.1, -0.05) is 24.3 Å². The Balaban J connectivity index is 1.44. The van der Waals surface area contributed by atoms with Gasteiger partial charge in [-0.15, -0.1) is 11.3 Å². The average molecular weight is 418 g/mol. The van der Waals surface area contributed by atoms with Crippen LogP contribution in [0.5, 0.6) is 0 Å². The molecule has 0 aliphatic carbocycles. The molecule has 2 aromatic heterocycles. The Morgan fingerprint density at radius 3 is 2.73 bits per heavy atom. The van der Waals surface area contributed by atoms with Gasteiger partial charge in [-0.3, -0.25) is 9.48 Å². The van der Waals surface area contributed by atoms with E-state index in [1.54, 1.807) is 22.2 Å². The lowest BCUT2D eigenvalue weighted by atomic mass is 9.86. The molecule has 7 heteroatoms. The molecule has 5 rings (SSSR count). The summed E-state index contributed by atoms with van der Waals surface area (Å²) >= 11 is 1.39. The van der Waals surface area contributed by atoms with Crippen LogP contribution < -0.4 is 0 Å². The lowest BCUT2D eigenvalue weighted by Gasteiger charge is -2.34. The molecule has 3 heterocycles. The zero-order chi connectivity index (χ0) is 20.7. The van der Waals surface area contributed by atoms with Gasteiger partial charge in [0.1, 0.15) is 16.5 Å². The minimum absolute atomic E-state index is 0.0720. The van der Waals surface area contributed by atoms with Crippen molar-refractivity contribution >= 4 is 17.2 Å². The van der Waals surface area contributed by atoms with Gasteiger partial charge in [-0.25, -0.2) is 9.37 Å². The number of carbonyl (C=O) groups excluding carboxylic acids is 1. The Morgan fingerprint density at radius 1 is 1.17 bits per heavy atom. The molecule has 1 atom stereocenters. The number of thiazole rings is 1. The number of halogens is 1. The lowest BCUT2D eigenvalue weighted by Crippen LogP contribution is -2.38. The van der Waals surface area contributed by atoms with Crippen molar-refractivity contribution in [3.8, 4) is 10.6 Å². The molecular weight excluding hydrogens is 399 g/mol. The number of rotatable bonds is 3. The predicted molar refractivity (Wildman–Crippen MR) is 114 cm³/mol. The van der Waals surface area contributed by atoms with Crippen LogP contribution in [0.3, 0.4) is 0 Å². The first-order valence-electron chi connectivity index (χ1n) is 9.65. The Bertz CT molecular complexity index is 1210.